The molecule has 2 heterocycles. The fourth-order valence-corrected chi connectivity index (χ4v) is 2.20. The number of amides is 1. The molecule has 8 heteroatoms. The van der Waals surface area contributed by atoms with E-state index in [2.05, 4.69) is 15.0 Å². The number of halogens is 1. The van der Waals surface area contributed by atoms with Gasteiger partial charge in [0.15, 0.2) is 11.2 Å². The molecule has 0 N–H and O–H groups in total. The number of carbonyl (C=O) groups excluding carboxylic acids is 1. The summed E-state index contributed by atoms with van der Waals surface area (Å²) in [6.07, 6.45) is 1.76. The Balaban J connectivity index is 2.44. The minimum absolute atomic E-state index is 0.0334. The maximum absolute atomic E-state index is 11.8. The molecule has 0 aromatic carbocycles. The molecule has 0 spiro atoms. The fraction of sp³-hybridized carbons (Fsp3) is 0.538. The SMILES string of the molecule is COc1ncnc2c1nc(C(C)Cl)n2CCC(=O)N(C)C. The number of hydrogen-bond acceptors (Lipinski definition) is 5. The summed E-state index contributed by atoms with van der Waals surface area (Å²) >= 11 is 6.19. The van der Waals surface area contributed by atoms with Gasteiger partial charge in [-0.2, -0.15) is 4.98 Å². The van der Waals surface area contributed by atoms with E-state index in [9.17, 15) is 4.79 Å². The Morgan fingerprint density at radius 3 is 2.76 bits per heavy atom. The number of aromatic nitrogens is 4. The Labute approximate surface area is 127 Å². The van der Waals surface area contributed by atoms with Crippen LogP contribution in [-0.4, -0.2) is 51.5 Å². The molecule has 1 atom stereocenters. The van der Waals surface area contributed by atoms with E-state index < -0.39 is 0 Å². The number of carbonyl (C=O) groups is 1. The van der Waals surface area contributed by atoms with Crippen molar-refractivity contribution in [3.8, 4) is 5.88 Å². The summed E-state index contributed by atoms with van der Waals surface area (Å²) in [7, 11) is 4.98. The zero-order valence-electron chi connectivity index (χ0n) is 12.5. The van der Waals surface area contributed by atoms with Crippen molar-refractivity contribution in [2.75, 3.05) is 21.2 Å². The van der Waals surface area contributed by atoms with E-state index in [4.69, 9.17) is 16.3 Å². The van der Waals surface area contributed by atoms with Gasteiger partial charge >= 0.3 is 0 Å². The molecule has 0 saturated heterocycles. The van der Waals surface area contributed by atoms with E-state index in [1.165, 1.54) is 13.4 Å². The summed E-state index contributed by atoms with van der Waals surface area (Å²) in [5.41, 5.74) is 1.18. The summed E-state index contributed by atoms with van der Waals surface area (Å²) < 4.78 is 7.04. The number of nitrogens with zero attached hydrogens (tertiary/aromatic N) is 5. The number of fused-ring (bicyclic) bond motifs is 1. The fourth-order valence-electron chi connectivity index (χ4n) is 2.04. The van der Waals surface area contributed by atoms with E-state index >= 15 is 0 Å². The number of aryl methyl sites for hydroxylation is 1. The minimum Gasteiger partial charge on any atom is -0.479 e. The molecule has 2 aromatic rings. The van der Waals surface area contributed by atoms with Crippen LogP contribution in [0.3, 0.4) is 0 Å². The summed E-state index contributed by atoms with van der Waals surface area (Å²) in [4.78, 5) is 26.1. The second-order valence-electron chi connectivity index (χ2n) is 4.83. The van der Waals surface area contributed by atoms with Gasteiger partial charge in [0.2, 0.25) is 11.8 Å². The highest BCUT2D eigenvalue weighted by molar-refractivity contribution is 6.20. The van der Waals surface area contributed by atoms with Crippen LogP contribution in [0.1, 0.15) is 24.5 Å². The van der Waals surface area contributed by atoms with Gasteiger partial charge in [0.1, 0.15) is 12.2 Å². The first-order chi connectivity index (χ1) is 9.95. The highest BCUT2D eigenvalue weighted by atomic mass is 35.5. The smallest absolute Gasteiger partial charge is 0.245 e. The Morgan fingerprint density at radius 2 is 2.19 bits per heavy atom. The first kappa shape index (κ1) is 15.5. The maximum Gasteiger partial charge on any atom is 0.245 e. The minimum atomic E-state index is -0.307. The number of imidazole rings is 1. The van der Waals surface area contributed by atoms with Crippen LogP contribution in [0.4, 0.5) is 0 Å². The van der Waals surface area contributed by atoms with Gasteiger partial charge < -0.3 is 14.2 Å². The molecule has 1 amide bonds. The molecule has 1 unspecified atom stereocenters. The number of ether oxygens (including phenoxy) is 1. The Kier molecular flexibility index (Phi) is 4.62. The molecule has 21 heavy (non-hydrogen) atoms. The second-order valence-corrected chi connectivity index (χ2v) is 5.49. The van der Waals surface area contributed by atoms with Gasteiger partial charge in [0.25, 0.3) is 0 Å². The van der Waals surface area contributed by atoms with Crippen LogP contribution in [0.15, 0.2) is 6.33 Å². The highest BCUT2D eigenvalue weighted by Crippen LogP contribution is 2.27. The van der Waals surface area contributed by atoms with Crippen molar-refractivity contribution in [2.45, 2.75) is 25.3 Å². The molecule has 0 radical (unpaired) electrons. The Morgan fingerprint density at radius 1 is 1.48 bits per heavy atom. The third kappa shape index (κ3) is 3.07. The Hall–Kier alpha value is -1.89. The third-order valence-electron chi connectivity index (χ3n) is 3.13. The van der Waals surface area contributed by atoms with Crippen LogP contribution in [0.25, 0.3) is 11.2 Å². The third-order valence-corrected chi connectivity index (χ3v) is 3.32. The van der Waals surface area contributed by atoms with Crippen molar-refractivity contribution in [1.82, 2.24) is 24.4 Å². The lowest BCUT2D eigenvalue weighted by atomic mass is 10.3. The summed E-state index contributed by atoms with van der Waals surface area (Å²) in [6.45, 7) is 2.28. The zero-order valence-corrected chi connectivity index (χ0v) is 13.3. The summed E-state index contributed by atoms with van der Waals surface area (Å²) in [6, 6.07) is 0. The summed E-state index contributed by atoms with van der Waals surface area (Å²) in [5.74, 6) is 1.08. The molecule has 0 bridgehead atoms. The normalized spacial score (nSPS) is 12.4. The van der Waals surface area contributed by atoms with Crippen molar-refractivity contribution in [3.63, 3.8) is 0 Å². The topological polar surface area (TPSA) is 73.1 Å². The van der Waals surface area contributed by atoms with Crippen molar-refractivity contribution in [3.05, 3.63) is 12.2 Å². The number of methoxy groups -OCH3 is 1. The van der Waals surface area contributed by atoms with Gasteiger partial charge in [0.05, 0.1) is 12.5 Å². The molecule has 0 fully saturated rings. The average molecular weight is 312 g/mol. The molecular weight excluding hydrogens is 294 g/mol. The van der Waals surface area contributed by atoms with Crippen molar-refractivity contribution < 1.29 is 9.53 Å². The number of hydrogen-bond donors (Lipinski definition) is 0. The van der Waals surface area contributed by atoms with E-state index in [0.717, 1.165) is 0 Å². The number of rotatable bonds is 5. The van der Waals surface area contributed by atoms with Crippen LogP contribution in [0, 0.1) is 0 Å². The largest absolute Gasteiger partial charge is 0.479 e. The Bertz CT molecular complexity index is 653. The zero-order chi connectivity index (χ0) is 15.6. The lowest BCUT2D eigenvalue weighted by molar-refractivity contribution is -0.128. The van der Waals surface area contributed by atoms with Gasteiger partial charge in [-0.1, -0.05) is 0 Å². The van der Waals surface area contributed by atoms with E-state index in [1.807, 2.05) is 11.5 Å². The molecule has 0 aliphatic heterocycles. The van der Waals surface area contributed by atoms with E-state index in [1.54, 1.807) is 19.0 Å². The van der Waals surface area contributed by atoms with Gasteiger partial charge in [0, 0.05) is 27.1 Å². The molecule has 0 saturated carbocycles. The lowest BCUT2D eigenvalue weighted by Crippen LogP contribution is -2.23. The first-order valence-corrected chi connectivity index (χ1v) is 6.98. The molecule has 0 aliphatic rings. The first-order valence-electron chi connectivity index (χ1n) is 6.55. The van der Waals surface area contributed by atoms with Gasteiger partial charge in [-0.25, -0.2) is 9.97 Å². The second kappa shape index (κ2) is 6.26. The molecule has 114 valence electrons. The molecule has 2 aromatic heterocycles. The van der Waals surface area contributed by atoms with Crippen LogP contribution in [0.2, 0.25) is 0 Å². The van der Waals surface area contributed by atoms with Crippen molar-refractivity contribution in [1.29, 1.82) is 0 Å². The van der Waals surface area contributed by atoms with Crippen molar-refractivity contribution in [2.24, 2.45) is 0 Å². The molecular formula is C13H18ClN5O2. The predicted molar refractivity (Wildman–Crippen MR) is 79.5 cm³/mol. The van der Waals surface area contributed by atoms with E-state index in [-0.39, 0.29) is 11.3 Å². The average Bonchev–Trinajstić information content (AvgIpc) is 2.83. The van der Waals surface area contributed by atoms with Crippen LogP contribution < -0.4 is 4.74 Å². The highest BCUT2D eigenvalue weighted by Gasteiger charge is 2.20. The molecule has 2 rings (SSSR count). The molecule has 7 nitrogen and oxygen atoms in total. The van der Waals surface area contributed by atoms with Crippen molar-refractivity contribution >= 4 is 28.7 Å². The van der Waals surface area contributed by atoms with E-state index in [0.29, 0.717) is 35.8 Å². The van der Waals surface area contributed by atoms with Gasteiger partial charge in [-0.3, -0.25) is 4.79 Å². The predicted octanol–water partition coefficient (Wildman–Crippen LogP) is 1.61. The van der Waals surface area contributed by atoms with Crippen LogP contribution in [0.5, 0.6) is 5.88 Å². The number of alkyl halides is 1. The summed E-state index contributed by atoms with van der Waals surface area (Å²) in [5, 5.41) is -0.307. The lowest BCUT2D eigenvalue weighted by Gasteiger charge is -2.12. The van der Waals surface area contributed by atoms with Crippen LogP contribution >= 0.6 is 11.6 Å². The van der Waals surface area contributed by atoms with Gasteiger partial charge in [-0.05, 0) is 6.92 Å². The maximum atomic E-state index is 11.8. The standard InChI is InChI=1S/C13H18ClN5O2/c1-8(14)11-17-10-12(15-7-16-13(10)21-4)19(11)6-5-9(20)18(2)3/h7-8H,5-6H2,1-4H3. The van der Waals surface area contributed by atoms with Crippen LogP contribution in [-0.2, 0) is 11.3 Å². The quantitative estimate of drug-likeness (QED) is 0.784. The van der Waals surface area contributed by atoms with Gasteiger partial charge in [-0.15, -0.1) is 11.6 Å². The monoisotopic (exact) mass is 311 g/mol. The molecule has 0 aliphatic carbocycles.